The Kier molecular flexibility index (Phi) is 4.14. The quantitative estimate of drug-likeness (QED) is 0.554. The maximum Gasteiger partial charge on any atom is 0.176 e. The second kappa shape index (κ2) is 4.06. The van der Waals surface area contributed by atoms with Crippen LogP contribution in [0.1, 0.15) is 13.8 Å². The van der Waals surface area contributed by atoms with Crippen molar-refractivity contribution in [1.29, 1.82) is 0 Å². The van der Waals surface area contributed by atoms with E-state index in [1.807, 2.05) is 0 Å². The molecule has 0 aromatic rings. The van der Waals surface area contributed by atoms with Gasteiger partial charge in [0.15, 0.2) is 5.11 Å². The van der Waals surface area contributed by atoms with Crippen molar-refractivity contribution in [3.63, 3.8) is 0 Å². The van der Waals surface area contributed by atoms with Crippen LogP contribution in [-0.4, -0.2) is 15.6 Å². The van der Waals surface area contributed by atoms with E-state index < -0.39 is 0 Å². The van der Waals surface area contributed by atoms with Gasteiger partial charge in [-0.15, -0.1) is 0 Å². The SMILES string of the molecule is CC(C)CN(Br)C(N)=S. The van der Waals surface area contributed by atoms with Crippen LogP contribution < -0.4 is 5.73 Å². The molecule has 54 valence electrons. The van der Waals surface area contributed by atoms with Gasteiger partial charge in [0.2, 0.25) is 0 Å². The van der Waals surface area contributed by atoms with Gasteiger partial charge in [-0.2, -0.15) is 0 Å². The van der Waals surface area contributed by atoms with Gasteiger partial charge in [0.05, 0.1) is 16.1 Å². The monoisotopic (exact) mass is 210 g/mol. The minimum atomic E-state index is 0.392. The lowest BCUT2D eigenvalue weighted by atomic mass is 10.2. The van der Waals surface area contributed by atoms with E-state index in [0.29, 0.717) is 11.0 Å². The third-order valence-corrected chi connectivity index (χ3v) is 1.89. The average Bonchev–Trinajstić information content (AvgIpc) is 1.63. The summed E-state index contributed by atoms with van der Waals surface area (Å²) in [4.78, 5) is 0. The first kappa shape index (κ1) is 9.17. The zero-order chi connectivity index (χ0) is 7.44. The van der Waals surface area contributed by atoms with Crippen LogP contribution in [0.15, 0.2) is 0 Å². The number of halogens is 1. The van der Waals surface area contributed by atoms with Crippen LogP contribution >= 0.6 is 28.4 Å². The van der Waals surface area contributed by atoms with Crippen molar-refractivity contribution in [1.82, 2.24) is 3.93 Å². The molecule has 0 aliphatic heterocycles. The van der Waals surface area contributed by atoms with E-state index >= 15 is 0 Å². The van der Waals surface area contributed by atoms with E-state index in [4.69, 9.17) is 18.0 Å². The fraction of sp³-hybridized carbons (Fsp3) is 0.800. The lowest BCUT2D eigenvalue weighted by Gasteiger charge is -2.15. The second-order valence-electron chi connectivity index (χ2n) is 2.28. The van der Waals surface area contributed by atoms with Crippen LogP contribution in [0, 0.1) is 5.92 Å². The molecule has 2 nitrogen and oxygen atoms in total. The summed E-state index contributed by atoms with van der Waals surface area (Å²) in [5.41, 5.74) is 5.29. The molecular formula is C5H11BrN2S. The van der Waals surface area contributed by atoms with Crippen molar-refractivity contribution in [2.24, 2.45) is 11.7 Å². The van der Waals surface area contributed by atoms with E-state index in [9.17, 15) is 0 Å². The molecule has 0 bridgehead atoms. The third-order valence-electron chi connectivity index (χ3n) is 0.765. The summed E-state index contributed by atoms with van der Waals surface area (Å²) < 4.78 is 1.69. The lowest BCUT2D eigenvalue weighted by molar-refractivity contribution is 0.536. The van der Waals surface area contributed by atoms with Gasteiger partial charge in [-0.25, -0.2) is 0 Å². The van der Waals surface area contributed by atoms with Crippen LogP contribution in [0.2, 0.25) is 0 Å². The summed E-state index contributed by atoms with van der Waals surface area (Å²) in [5.74, 6) is 0.575. The van der Waals surface area contributed by atoms with Crippen molar-refractivity contribution >= 4 is 33.5 Å². The van der Waals surface area contributed by atoms with Gasteiger partial charge < -0.3 is 5.73 Å². The number of thiocarbonyl (C=S) groups is 1. The molecule has 0 atom stereocenters. The van der Waals surface area contributed by atoms with Crippen molar-refractivity contribution in [2.45, 2.75) is 13.8 Å². The summed E-state index contributed by atoms with van der Waals surface area (Å²) in [6.45, 7) is 5.06. The van der Waals surface area contributed by atoms with E-state index in [2.05, 4.69) is 30.0 Å². The van der Waals surface area contributed by atoms with Gasteiger partial charge in [-0.05, 0) is 18.1 Å². The zero-order valence-electron chi connectivity index (χ0n) is 5.60. The van der Waals surface area contributed by atoms with Crippen molar-refractivity contribution < 1.29 is 0 Å². The molecule has 0 amide bonds. The zero-order valence-corrected chi connectivity index (χ0v) is 8.00. The van der Waals surface area contributed by atoms with E-state index in [-0.39, 0.29) is 0 Å². The summed E-state index contributed by atoms with van der Waals surface area (Å²) in [5, 5.41) is 0.392. The molecule has 0 heterocycles. The summed E-state index contributed by atoms with van der Waals surface area (Å²) >= 11 is 7.90. The number of rotatable bonds is 2. The Bertz CT molecular complexity index is 105. The van der Waals surface area contributed by atoms with Gasteiger partial charge >= 0.3 is 0 Å². The first-order chi connectivity index (χ1) is 4.04. The van der Waals surface area contributed by atoms with Crippen LogP contribution in [0.3, 0.4) is 0 Å². The Morgan fingerprint density at radius 2 is 2.22 bits per heavy atom. The van der Waals surface area contributed by atoms with Crippen molar-refractivity contribution in [3.8, 4) is 0 Å². The van der Waals surface area contributed by atoms with Crippen LogP contribution in [0.5, 0.6) is 0 Å². The minimum Gasteiger partial charge on any atom is -0.375 e. The molecule has 0 saturated carbocycles. The van der Waals surface area contributed by atoms with Gasteiger partial charge in [-0.1, -0.05) is 13.8 Å². The summed E-state index contributed by atoms with van der Waals surface area (Å²) in [7, 11) is 0. The maximum atomic E-state index is 5.29. The molecule has 9 heavy (non-hydrogen) atoms. The summed E-state index contributed by atoms with van der Waals surface area (Å²) in [6, 6.07) is 0. The number of hydrogen-bond donors (Lipinski definition) is 1. The molecule has 0 aromatic heterocycles. The Labute approximate surface area is 69.7 Å². The fourth-order valence-corrected chi connectivity index (χ4v) is 1.06. The van der Waals surface area contributed by atoms with Crippen molar-refractivity contribution in [3.05, 3.63) is 0 Å². The predicted octanol–water partition coefficient (Wildman–Crippen LogP) is 1.50. The molecule has 0 aliphatic carbocycles. The van der Waals surface area contributed by atoms with Crippen molar-refractivity contribution in [2.75, 3.05) is 6.54 Å². The standard InChI is InChI=1S/C5H11BrN2S/c1-4(2)3-8(6)5(7)9/h4H,3H2,1-2H3,(H2,7,9). The molecule has 0 unspecified atom stereocenters. The molecule has 0 saturated heterocycles. The second-order valence-corrected chi connectivity index (χ2v) is 3.55. The Morgan fingerprint density at radius 1 is 1.78 bits per heavy atom. The van der Waals surface area contributed by atoms with E-state index in [1.54, 1.807) is 3.93 Å². The highest BCUT2D eigenvalue weighted by Crippen LogP contribution is 2.02. The Balaban J connectivity index is 3.50. The number of nitrogens with zero attached hydrogens (tertiary/aromatic N) is 1. The predicted molar refractivity (Wildman–Crippen MR) is 47.3 cm³/mol. The van der Waals surface area contributed by atoms with Crippen LogP contribution in [0.4, 0.5) is 0 Å². The Morgan fingerprint density at radius 3 is 2.33 bits per heavy atom. The smallest absolute Gasteiger partial charge is 0.176 e. The first-order valence-electron chi connectivity index (χ1n) is 2.76. The highest BCUT2D eigenvalue weighted by Gasteiger charge is 2.02. The fourth-order valence-electron chi connectivity index (χ4n) is 0.411. The minimum absolute atomic E-state index is 0.392. The molecule has 0 spiro atoms. The molecule has 0 radical (unpaired) electrons. The molecule has 0 fully saturated rings. The lowest BCUT2D eigenvalue weighted by Crippen LogP contribution is -2.29. The molecule has 0 rings (SSSR count). The van der Waals surface area contributed by atoms with Crippen LogP contribution in [-0.2, 0) is 0 Å². The van der Waals surface area contributed by atoms with Gasteiger partial charge in [0.1, 0.15) is 0 Å². The van der Waals surface area contributed by atoms with E-state index in [0.717, 1.165) is 6.54 Å². The largest absolute Gasteiger partial charge is 0.375 e. The maximum absolute atomic E-state index is 5.29. The van der Waals surface area contributed by atoms with Crippen LogP contribution in [0.25, 0.3) is 0 Å². The number of nitrogens with two attached hydrogens (primary N) is 1. The third kappa shape index (κ3) is 4.66. The van der Waals surface area contributed by atoms with Gasteiger partial charge in [-0.3, -0.25) is 3.93 Å². The number of hydrogen-bond acceptors (Lipinski definition) is 1. The first-order valence-corrected chi connectivity index (χ1v) is 3.88. The topological polar surface area (TPSA) is 29.3 Å². The molecule has 0 aromatic carbocycles. The highest BCUT2D eigenvalue weighted by atomic mass is 79.9. The molecular weight excluding hydrogens is 200 g/mol. The van der Waals surface area contributed by atoms with Gasteiger partial charge in [0.25, 0.3) is 0 Å². The molecule has 2 N–H and O–H groups in total. The highest BCUT2D eigenvalue weighted by molar-refractivity contribution is 9.07. The normalized spacial score (nSPS) is 9.78. The molecule has 0 aliphatic rings. The summed E-state index contributed by atoms with van der Waals surface area (Å²) in [6.07, 6.45) is 0. The van der Waals surface area contributed by atoms with Gasteiger partial charge in [0, 0.05) is 6.54 Å². The average molecular weight is 211 g/mol. The van der Waals surface area contributed by atoms with E-state index in [1.165, 1.54) is 0 Å². The molecule has 4 heteroatoms. The Hall–Kier alpha value is 0.170.